The summed E-state index contributed by atoms with van der Waals surface area (Å²) in [6.45, 7) is 7.68. The minimum absolute atomic E-state index is 0.171. The first-order valence-corrected chi connectivity index (χ1v) is 6.12. The van der Waals surface area contributed by atoms with Gasteiger partial charge in [0.25, 0.3) is 5.91 Å². The van der Waals surface area contributed by atoms with Gasteiger partial charge < -0.3 is 9.80 Å². The molecular formula is C14H20N2O. The van der Waals surface area contributed by atoms with Gasteiger partial charge in [0.15, 0.2) is 0 Å². The lowest BCUT2D eigenvalue weighted by Gasteiger charge is -2.32. The van der Waals surface area contributed by atoms with Crippen molar-refractivity contribution < 1.29 is 4.79 Å². The zero-order valence-corrected chi connectivity index (χ0v) is 10.9. The summed E-state index contributed by atoms with van der Waals surface area (Å²) < 4.78 is 0. The summed E-state index contributed by atoms with van der Waals surface area (Å²) in [5.41, 5.74) is 3.14. The van der Waals surface area contributed by atoms with Crippen molar-refractivity contribution in [1.29, 1.82) is 0 Å². The summed E-state index contributed by atoms with van der Waals surface area (Å²) in [6, 6.07) is 6.06. The Kier molecular flexibility index (Phi) is 3.48. The van der Waals surface area contributed by atoms with E-state index in [1.165, 1.54) is 0 Å². The van der Waals surface area contributed by atoms with Crippen LogP contribution < -0.4 is 0 Å². The van der Waals surface area contributed by atoms with Crippen molar-refractivity contribution in [2.24, 2.45) is 0 Å². The van der Waals surface area contributed by atoms with Crippen molar-refractivity contribution in [3.63, 3.8) is 0 Å². The maximum Gasteiger partial charge on any atom is 0.253 e. The van der Waals surface area contributed by atoms with Crippen molar-refractivity contribution in [1.82, 2.24) is 9.80 Å². The van der Waals surface area contributed by atoms with Gasteiger partial charge in [-0.05, 0) is 33.0 Å². The van der Waals surface area contributed by atoms with Crippen LogP contribution in [0.5, 0.6) is 0 Å². The van der Waals surface area contributed by atoms with E-state index in [2.05, 4.69) is 18.0 Å². The molecule has 17 heavy (non-hydrogen) atoms. The van der Waals surface area contributed by atoms with Crippen LogP contribution in [0.4, 0.5) is 0 Å². The van der Waals surface area contributed by atoms with Crippen molar-refractivity contribution in [3.05, 3.63) is 34.9 Å². The number of carbonyl (C=O) groups is 1. The second-order valence-electron chi connectivity index (χ2n) is 4.97. The molecule has 0 spiro atoms. The molecule has 3 heteroatoms. The van der Waals surface area contributed by atoms with Crippen LogP contribution in [-0.4, -0.2) is 48.9 Å². The largest absolute Gasteiger partial charge is 0.336 e. The standard InChI is InChI=1S/C14H20N2O/c1-11-8-12(2)10-13(9-11)14(17)16-6-4-15(3)5-7-16/h8-10H,4-7H2,1-3H3. The molecule has 1 aromatic rings. The molecule has 0 atom stereocenters. The number of hydrogen-bond donors (Lipinski definition) is 0. The molecule has 3 nitrogen and oxygen atoms in total. The van der Waals surface area contributed by atoms with Crippen LogP contribution in [0.15, 0.2) is 18.2 Å². The van der Waals surface area contributed by atoms with Crippen LogP contribution in [0.1, 0.15) is 21.5 Å². The lowest BCUT2D eigenvalue weighted by Crippen LogP contribution is -2.47. The number of rotatable bonds is 1. The van der Waals surface area contributed by atoms with Gasteiger partial charge in [0.2, 0.25) is 0 Å². The molecular weight excluding hydrogens is 212 g/mol. The van der Waals surface area contributed by atoms with Crippen LogP contribution >= 0.6 is 0 Å². The maximum atomic E-state index is 12.3. The van der Waals surface area contributed by atoms with Crippen molar-refractivity contribution in [3.8, 4) is 0 Å². The smallest absolute Gasteiger partial charge is 0.253 e. The first kappa shape index (κ1) is 12.1. The Morgan fingerprint density at radius 1 is 1.00 bits per heavy atom. The van der Waals surface area contributed by atoms with Gasteiger partial charge in [-0.1, -0.05) is 17.2 Å². The number of nitrogens with zero attached hydrogens (tertiary/aromatic N) is 2. The lowest BCUT2D eigenvalue weighted by atomic mass is 10.1. The summed E-state index contributed by atoms with van der Waals surface area (Å²) in [5.74, 6) is 0.171. The number of piperazine rings is 1. The van der Waals surface area contributed by atoms with E-state index in [0.717, 1.165) is 42.9 Å². The van der Waals surface area contributed by atoms with Gasteiger partial charge >= 0.3 is 0 Å². The Morgan fingerprint density at radius 3 is 2.06 bits per heavy atom. The van der Waals surface area contributed by atoms with Gasteiger partial charge in [-0.2, -0.15) is 0 Å². The molecule has 1 amide bonds. The summed E-state index contributed by atoms with van der Waals surface area (Å²) in [4.78, 5) is 16.5. The van der Waals surface area contributed by atoms with Crippen LogP contribution in [0.3, 0.4) is 0 Å². The highest BCUT2D eigenvalue weighted by molar-refractivity contribution is 5.94. The van der Waals surface area contributed by atoms with E-state index in [0.29, 0.717) is 0 Å². The molecule has 0 aromatic heterocycles. The molecule has 1 fully saturated rings. The van der Waals surface area contributed by atoms with Crippen LogP contribution in [0.2, 0.25) is 0 Å². The Hall–Kier alpha value is -1.35. The summed E-state index contributed by atoms with van der Waals surface area (Å²) in [5, 5.41) is 0. The molecule has 0 N–H and O–H groups in total. The SMILES string of the molecule is Cc1cc(C)cc(C(=O)N2CCN(C)CC2)c1. The van der Waals surface area contributed by atoms with Gasteiger partial charge in [0.05, 0.1) is 0 Å². The quantitative estimate of drug-likeness (QED) is 0.735. The van der Waals surface area contributed by atoms with E-state index in [1.54, 1.807) is 0 Å². The average molecular weight is 232 g/mol. The molecule has 2 rings (SSSR count). The molecule has 1 heterocycles. The van der Waals surface area contributed by atoms with Crippen molar-refractivity contribution in [2.75, 3.05) is 33.2 Å². The molecule has 1 saturated heterocycles. The summed E-state index contributed by atoms with van der Waals surface area (Å²) >= 11 is 0. The maximum absolute atomic E-state index is 12.3. The summed E-state index contributed by atoms with van der Waals surface area (Å²) in [7, 11) is 2.10. The minimum atomic E-state index is 0.171. The minimum Gasteiger partial charge on any atom is -0.336 e. The third-order valence-electron chi connectivity index (χ3n) is 3.26. The number of likely N-dealkylation sites (N-methyl/N-ethyl adjacent to an activating group) is 1. The van der Waals surface area contributed by atoms with E-state index in [-0.39, 0.29) is 5.91 Å². The van der Waals surface area contributed by atoms with E-state index in [1.807, 2.05) is 30.9 Å². The van der Waals surface area contributed by atoms with Crippen molar-refractivity contribution in [2.45, 2.75) is 13.8 Å². The second kappa shape index (κ2) is 4.88. The van der Waals surface area contributed by atoms with Gasteiger partial charge in [-0.15, -0.1) is 0 Å². The summed E-state index contributed by atoms with van der Waals surface area (Å²) in [6.07, 6.45) is 0. The fourth-order valence-electron chi connectivity index (χ4n) is 2.29. The highest BCUT2D eigenvalue weighted by Crippen LogP contribution is 2.12. The molecule has 0 bridgehead atoms. The monoisotopic (exact) mass is 232 g/mol. The Bertz CT molecular complexity index is 400. The predicted octanol–water partition coefficient (Wildman–Crippen LogP) is 1.69. The van der Waals surface area contributed by atoms with Crippen LogP contribution in [0, 0.1) is 13.8 Å². The number of carbonyl (C=O) groups excluding carboxylic acids is 1. The highest BCUT2D eigenvalue weighted by atomic mass is 16.2. The Morgan fingerprint density at radius 2 is 1.53 bits per heavy atom. The normalized spacial score (nSPS) is 17.2. The molecule has 1 aliphatic rings. The highest BCUT2D eigenvalue weighted by Gasteiger charge is 2.20. The second-order valence-corrected chi connectivity index (χ2v) is 4.97. The number of benzene rings is 1. The first-order valence-electron chi connectivity index (χ1n) is 6.12. The van der Waals surface area contributed by atoms with Gasteiger partial charge in [0, 0.05) is 31.7 Å². The zero-order valence-electron chi connectivity index (χ0n) is 10.9. The number of hydrogen-bond acceptors (Lipinski definition) is 2. The zero-order chi connectivity index (χ0) is 12.4. The molecule has 0 unspecified atom stereocenters. The molecule has 1 aliphatic heterocycles. The Balaban J connectivity index is 2.14. The fourth-order valence-corrected chi connectivity index (χ4v) is 2.29. The predicted molar refractivity (Wildman–Crippen MR) is 69.3 cm³/mol. The first-order chi connectivity index (χ1) is 8.06. The third kappa shape index (κ3) is 2.86. The lowest BCUT2D eigenvalue weighted by molar-refractivity contribution is 0.0664. The van der Waals surface area contributed by atoms with Crippen LogP contribution in [0.25, 0.3) is 0 Å². The van der Waals surface area contributed by atoms with E-state index < -0.39 is 0 Å². The molecule has 0 radical (unpaired) electrons. The topological polar surface area (TPSA) is 23.6 Å². The molecule has 0 saturated carbocycles. The average Bonchev–Trinajstić information content (AvgIpc) is 2.28. The van der Waals surface area contributed by atoms with E-state index in [4.69, 9.17) is 0 Å². The fraction of sp³-hybridized carbons (Fsp3) is 0.500. The molecule has 1 aromatic carbocycles. The Labute approximate surface area is 103 Å². The van der Waals surface area contributed by atoms with Gasteiger partial charge in [-0.3, -0.25) is 4.79 Å². The van der Waals surface area contributed by atoms with E-state index in [9.17, 15) is 4.79 Å². The third-order valence-corrected chi connectivity index (χ3v) is 3.26. The van der Waals surface area contributed by atoms with Crippen molar-refractivity contribution >= 4 is 5.91 Å². The molecule has 0 aliphatic carbocycles. The molecule has 92 valence electrons. The number of amides is 1. The van der Waals surface area contributed by atoms with Gasteiger partial charge in [0.1, 0.15) is 0 Å². The number of aryl methyl sites for hydroxylation is 2. The van der Waals surface area contributed by atoms with Gasteiger partial charge in [-0.25, -0.2) is 0 Å². The van der Waals surface area contributed by atoms with Crippen LogP contribution in [-0.2, 0) is 0 Å². The van der Waals surface area contributed by atoms with E-state index >= 15 is 0 Å².